The van der Waals surface area contributed by atoms with Crippen LogP contribution >= 0.6 is 7.14 Å². The van der Waals surface area contributed by atoms with E-state index in [-0.39, 0.29) is 0 Å². The molecule has 0 saturated carbocycles. The summed E-state index contributed by atoms with van der Waals surface area (Å²) >= 11 is 0. The number of piperidine rings is 1. The van der Waals surface area contributed by atoms with E-state index in [0.29, 0.717) is 41.9 Å². The second-order valence-electron chi connectivity index (χ2n) is 12.4. The first-order valence-electron chi connectivity index (χ1n) is 15.3. The quantitative estimate of drug-likeness (QED) is 0.253. The first-order valence-corrected chi connectivity index (χ1v) is 17.9. The summed E-state index contributed by atoms with van der Waals surface area (Å²) in [6.45, 7) is 9.78. The summed E-state index contributed by atoms with van der Waals surface area (Å²) < 4.78 is 25.3. The molecule has 0 aliphatic carbocycles. The van der Waals surface area contributed by atoms with Crippen molar-refractivity contribution in [3.63, 3.8) is 0 Å². The van der Waals surface area contributed by atoms with Gasteiger partial charge < -0.3 is 39.5 Å². The molecule has 0 radical (unpaired) electrons. The summed E-state index contributed by atoms with van der Waals surface area (Å²) in [5, 5.41) is 8.41. The molecule has 2 aromatic heterocycles. The van der Waals surface area contributed by atoms with Crippen molar-refractivity contribution in [3.05, 3.63) is 48.7 Å². The number of aromatic amines is 1. The third-order valence-electron chi connectivity index (χ3n) is 9.16. The fourth-order valence-electron chi connectivity index (χ4n) is 6.75. The van der Waals surface area contributed by atoms with Gasteiger partial charge in [0.25, 0.3) is 0 Å². The van der Waals surface area contributed by atoms with Gasteiger partial charge in [-0.25, -0.2) is 0 Å². The lowest BCUT2D eigenvalue weighted by Crippen LogP contribution is -2.57. The highest BCUT2D eigenvalue weighted by Crippen LogP contribution is 2.45. The SMILES string of the molecule is COc1cc2c(cc1Nc1nc(Nc3ccccc3P(C)(C)=O)c3cc[nH]c3n1)OC[C@H]1C[C@@H](N3CCN(C)CC3)CCN21. The Hall–Kier alpha value is -3.79. The van der Waals surface area contributed by atoms with Crippen molar-refractivity contribution >= 4 is 52.3 Å². The minimum absolute atomic E-state index is 0.348. The molecule has 3 aliphatic rings. The smallest absolute Gasteiger partial charge is 0.231 e. The monoisotopic (exact) mass is 616 g/mol. The van der Waals surface area contributed by atoms with E-state index < -0.39 is 7.14 Å². The zero-order chi connectivity index (χ0) is 30.4. The van der Waals surface area contributed by atoms with Crippen molar-refractivity contribution < 1.29 is 14.0 Å². The number of ether oxygens (including phenoxy) is 2. The molecular formula is C32H41N8O3P. The second-order valence-corrected chi connectivity index (χ2v) is 15.6. The van der Waals surface area contributed by atoms with Crippen LogP contribution in [0.5, 0.6) is 11.5 Å². The lowest BCUT2D eigenvalue weighted by molar-refractivity contribution is 0.0822. The first kappa shape index (κ1) is 29.0. The third-order valence-corrected chi connectivity index (χ3v) is 10.7. The highest BCUT2D eigenvalue weighted by Gasteiger charge is 2.37. The van der Waals surface area contributed by atoms with E-state index in [4.69, 9.17) is 19.4 Å². The van der Waals surface area contributed by atoms with Crippen molar-refractivity contribution in [2.75, 3.05) is 82.4 Å². The van der Waals surface area contributed by atoms with Gasteiger partial charge in [0.1, 0.15) is 36.7 Å². The van der Waals surface area contributed by atoms with Gasteiger partial charge in [-0.3, -0.25) is 4.90 Å². The first-order chi connectivity index (χ1) is 21.3. The predicted octanol–water partition coefficient (Wildman–Crippen LogP) is 4.68. The molecule has 232 valence electrons. The molecule has 2 atom stereocenters. The Balaban J connectivity index is 1.14. The van der Waals surface area contributed by atoms with Crippen molar-refractivity contribution in [2.24, 2.45) is 0 Å². The largest absolute Gasteiger partial charge is 0.494 e. The molecule has 2 aromatic carbocycles. The fraction of sp³-hybridized carbons (Fsp3) is 0.438. The number of fused-ring (bicyclic) bond motifs is 4. The van der Waals surface area contributed by atoms with Crippen LogP contribution in [0.3, 0.4) is 0 Å². The average molecular weight is 617 g/mol. The zero-order valence-electron chi connectivity index (χ0n) is 25.8. The zero-order valence-corrected chi connectivity index (χ0v) is 26.7. The Morgan fingerprint density at radius 2 is 1.82 bits per heavy atom. The lowest BCUT2D eigenvalue weighted by atomic mass is 9.93. The summed E-state index contributed by atoms with van der Waals surface area (Å²) in [4.78, 5) is 20.4. The maximum absolute atomic E-state index is 13.0. The van der Waals surface area contributed by atoms with Crippen LogP contribution in [0.25, 0.3) is 11.0 Å². The van der Waals surface area contributed by atoms with E-state index in [2.05, 4.69) is 43.4 Å². The molecule has 7 rings (SSSR count). The molecule has 4 aromatic rings. The molecule has 2 saturated heterocycles. The molecule has 0 amide bonds. The van der Waals surface area contributed by atoms with E-state index in [1.54, 1.807) is 20.4 Å². The molecule has 0 spiro atoms. The Morgan fingerprint density at radius 3 is 2.61 bits per heavy atom. The second kappa shape index (κ2) is 11.6. The van der Waals surface area contributed by atoms with Gasteiger partial charge >= 0.3 is 0 Å². The number of para-hydroxylation sites is 1. The van der Waals surface area contributed by atoms with Crippen molar-refractivity contribution in [2.45, 2.75) is 24.9 Å². The number of H-pyrrole nitrogens is 1. The molecule has 11 nitrogen and oxygen atoms in total. The molecule has 0 bridgehead atoms. The van der Waals surface area contributed by atoms with Gasteiger partial charge in [0, 0.05) is 62.4 Å². The number of hydrogen-bond acceptors (Lipinski definition) is 10. The number of rotatable bonds is 7. The van der Waals surface area contributed by atoms with Crippen molar-refractivity contribution in [1.82, 2.24) is 24.8 Å². The standard InChI is InChI=1S/C32H41N8O3P/c1-38-13-15-39(16-14-38)21-10-12-40-22(17-21)20-43-28-18-25(27(42-2)19-26(28)40)35-32-36-30-23(9-11-33-30)31(37-32)34-24-7-5-6-8-29(24)44(3,4)41/h5-9,11,18-19,21-22H,10,12-17,20H2,1-4H3,(H3,33,34,35,36,37)/t21-,22+/m0/s1. The number of nitrogens with one attached hydrogen (secondary N) is 3. The summed E-state index contributed by atoms with van der Waals surface area (Å²) in [6.07, 6.45) is 4.09. The topological polar surface area (TPSA) is 111 Å². The molecule has 5 heterocycles. The molecular weight excluding hydrogens is 575 g/mol. The van der Waals surface area contributed by atoms with Gasteiger partial charge in [0.05, 0.1) is 35.6 Å². The van der Waals surface area contributed by atoms with Crippen LogP contribution in [0.2, 0.25) is 0 Å². The Morgan fingerprint density at radius 1 is 1.00 bits per heavy atom. The molecule has 2 fully saturated rings. The number of aromatic nitrogens is 3. The molecule has 12 heteroatoms. The number of piperazine rings is 1. The van der Waals surface area contributed by atoms with E-state index >= 15 is 0 Å². The maximum Gasteiger partial charge on any atom is 0.231 e. The van der Waals surface area contributed by atoms with Crippen LogP contribution in [0.15, 0.2) is 48.7 Å². The van der Waals surface area contributed by atoms with Crippen LogP contribution in [0.4, 0.5) is 28.8 Å². The minimum Gasteiger partial charge on any atom is -0.494 e. The van der Waals surface area contributed by atoms with E-state index in [0.717, 1.165) is 79.1 Å². The van der Waals surface area contributed by atoms with Gasteiger partial charge in [0.15, 0.2) is 0 Å². The van der Waals surface area contributed by atoms with Crippen LogP contribution in [0, 0.1) is 0 Å². The van der Waals surface area contributed by atoms with Crippen LogP contribution in [-0.4, -0.2) is 104 Å². The Kier molecular flexibility index (Phi) is 7.64. The molecule has 0 unspecified atom stereocenters. The van der Waals surface area contributed by atoms with Gasteiger partial charge in [0.2, 0.25) is 5.95 Å². The average Bonchev–Trinajstić information content (AvgIpc) is 3.50. The molecule has 3 aliphatic heterocycles. The van der Waals surface area contributed by atoms with E-state index in [9.17, 15) is 4.57 Å². The summed E-state index contributed by atoms with van der Waals surface area (Å²) in [5.74, 6) is 2.54. The Bertz CT molecular complexity index is 1710. The van der Waals surface area contributed by atoms with Crippen molar-refractivity contribution in [3.8, 4) is 11.5 Å². The fourth-order valence-corrected chi connectivity index (χ4v) is 7.91. The minimum atomic E-state index is -2.52. The number of nitrogens with zero attached hydrogens (tertiary/aromatic N) is 5. The molecule has 44 heavy (non-hydrogen) atoms. The Labute approximate surface area is 258 Å². The summed E-state index contributed by atoms with van der Waals surface area (Å²) in [6, 6.07) is 14.6. The van der Waals surface area contributed by atoms with Crippen LogP contribution < -0.4 is 30.3 Å². The van der Waals surface area contributed by atoms with Crippen LogP contribution in [-0.2, 0) is 4.57 Å². The van der Waals surface area contributed by atoms with Gasteiger partial charge in [-0.15, -0.1) is 0 Å². The summed E-state index contributed by atoms with van der Waals surface area (Å²) in [5.41, 5.74) is 3.24. The van der Waals surface area contributed by atoms with E-state index in [1.165, 1.54) is 0 Å². The molecule has 3 N–H and O–H groups in total. The van der Waals surface area contributed by atoms with Gasteiger partial charge in [-0.1, -0.05) is 12.1 Å². The van der Waals surface area contributed by atoms with E-state index in [1.807, 2.05) is 42.6 Å². The normalized spacial score (nSPS) is 21.0. The number of hydrogen-bond donors (Lipinski definition) is 3. The summed E-state index contributed by atoms with van der Waals surface area (Å²) in [7, 11) is 1.37. The van der Waals surface area contributed by atoms with Crippen molar-refractivity contribution in [1.29, 1.82) is 0 Å². The number of benzene rings is 2. The highest BCUT2D eigenvalue weighted by molar-refractivity contribution is 7.70. The highest BCUT2D eigenvalue weighted by atomic mass is 31.2. The third kappa shape index (κ3) is 5.60. The lowest BCUT2D eigenvalue weighted by Gasteiger charge is -2.48. The number of likely N-dealkylation sites (N-methyl/N-ethyl adjacent to an activating group) is 1. The van der Waals surface area contributed by atoms with Crippen LogP contribution in [0.1, 0.15) is 12.8 Å². The predicted molar refractivity (Wildman–Crippen MR) is 178 cm³/mol. The van der Waals surface area contributed by atoms with Gasteiger partial charge in [-0.05, 0) is 51.4 Å². The van der Waals surface area contributed by atoms with Gasteiger partial charge in [-0.2, -0.15) is 9.97 Å². The number of anilines is 5. The number of methoxy groups -OCH3 is 1. The maximum atomic E-state index is 13.0.